The summed E-state index contributed by atoms with van der Waals surface area (Å²) in [6.07, 6.45) is 1.89. The molecule has 1 saturated heterocycles. The molecule has 0 unspecified atom stereocenters. The minimum absolute atomic E-state index is 0.468. The van der Waals surface area contributed by atoms with Crippen molar-refractivity contribution in [3.63, 3.8) is 0 Å². The summed E-state index contributed by atoms with van der Waals surface area (Å²) in [5, 5.41) is 0.657. The molecule has 1 fully saturated rings. The fraction of sp³-hybridized carbons (Fsp3) is 0.429. The van der Waals surface area contributed by atoms with E-state index in [1.807, 2.05) is 6.20 Å². The quantitative estimate of drug-likeness (QED) is 0.783. The van der Waals surface area contributed by atoms with E-state index in [-0.39, 0.29) is 0 Å². The van der Waals surface area contributed by atoms with Crippen molar-refractivity contribution in [2.75, 3.05) is 38.1 Å². The largest absolute Gasteiger partial charge is 0.367 e. The lowest BCUT2D eigenvalue weighted by molar-refractivity contribution is 0.313. The van der Waals surface area contributed by atoms with Gasteiger partial charge in [0.1, 0.15) is 11.6 Å². The molecule has 0 atom stereocenters. The first kappa shape index (κ1) is 12.4. The number of hydrogen-bond donors (Lipinski definition) is 0. The number of halogens is 2. The maximum atomic E-state index is 13.9. The van der Waals surface area contributed by atoms with Crippen molar-refractivity contribution in [3.05, 3.63) is 30.0 Å². The Morgan fingerprint density at radius 2 is 1.68 bits per heavy atom. The molecule has 2 aromatic rings. The van der Waals surface area contributed by atoms with E-state index in [4.69, 9.17) is 0 Å². The molecule has 2 heterocycles. The van der Waals surface area contributed by atoms with Gasteiger partial charge in [-0.15, -0.1) is 0 Å². The third kappa shape index (κ3) is 2.08. The Labute approximate surface area is 111 Å². The highest BCUT2D eigenvalue weighted by molar-refractivity contribution is 5.94. The van der Waals surface area contributed by atoms with Crippen molar-refractivity contribution in [3.8, 4) is 0 Å². The molecule has 1 aliphatic heterocycles. The molecule has 1 aromatic carbocycles. The Morgan fingerprint density at radius 3 is 2.37 bits per heavy atom. The minimum atomic E-state index is -0.522. The maximum absolute atomic E-state index is 13.9. The first-order valence-corrected chi connectivity index (χ1v) is 6.44. The van der Waals surface area contributed by atoms with E-state index in [1.54, 1.807) is 11.6 Å². The van der Waals surface area contributed by atoms with Crippen LogP contribution in [0.3, 0.4) is 0 Å². The summed E-state index contributed by atoms with van der Waals surface area (Å²) in [4.78, 5) is 4.45. The van der Waals surface area contributed by atoms with Crippen LogP contribution in [0.1, 0.15) is 0 Å². The van der Waals surface area contributed by atoms with Gasteiger partial charge >= 0.3 is 0 Å². The van der Waals surface area contributed by atoms with Gasteiger partial charge in [-0.3, -0.25) is 0 Å². The topological polar surface area (TPSA) is 11.4 Å². The van der Waals surface area contributed by atoms with E-state index in [9.17, 15) is 8.78 Å². The zero-order valence-electron chi connectivity index (χ0n) is 11.2. The van der Waals surface area contributed by atoms with E-state index in [0.29, 0.717) is 10.9 Å². The van der Waals surface area contributed by atoms with Gasteiger partial charge in [0, 0.05) is 50.9 Å². The standard InChI is InChI=1S/C14H17F2N3/c1-17-3-5-19(6-4-17)13-9-18(2)14-11(13)7-10(15)8-12(14)16/h7-9H,3-6H2,1-2H3. The SMILES string of the molecule is CN1CCN(c2cn(C)c3c(F)cc(F)cc23)CC1. The first-order chi connectivity index (χ1) is 9.06. The van der Waals surface area contributed by atoms with Gasteiger partial charge in [0.25, 0.3) is 0 Å². The van der Waals surface area contributed by atoms with Gasteiger partial charge in [0.05, 0.1) is 11.2 Å². The molecule has 0 bridgehead atoms. The van der Waals surface area contributed by atoms with Crippen LogP contribution in [0.15, 0.2) is 18.3 Å². The fourth-order valence-electron chi connectivity index (χ4n) is 2.74. The van der Waals surface area contributed by atoms with Crippen molar-refractivity contribution in [2.24, 2.45) is 7.05 Å². The molecule has 3 rings (SSSR count). The second-order valence-electron chi connectivity index (χ2n) is 5.20. The monoisotopic (exact) mass is 265 g/mol. The van der Waals surface area contributed by atoms with Crippen molar-refractivity contribution in [2.45, 2.75) is 0 Å². The number of anilines is 1. The molecule has 0 N–H and O–H groups in total. The van der Waals surface area contributed by atoms with E-state index >= 15 is 0 Å². The molecular formula is C14H17F2N3. The predicted molar refractivity (Wildman–Crippen MR) is 72.5 cm³/mol. The summed E-state index contributed by atoms with van der Waals surface area (Å²) in [6.45, 7) is 3.70. The van der Waals surface area contributed by atoms with Crippen LogP contribution >= 0.6 is 0 Å². The van der Waals surface area contributed by atoms with Gasteiger partial charge in [-0.25, -0.2) is 8.78 Å². The molecule has 1 aromatic heterocycles. The maximum Gasteiger partial charge on any atom is 0.150 e. The van der Waals surface area contributed by atoms with Crippen LogP contribution < -0.4 is 4.90 Å². The number of fused-ring (bicyclic) bond motifs is 1. The summed E-state index contributed by atoms with van der Waals surface area (Å²) < 4.78 is 29.0. The lowest BCUT2D eigenvalue weighted by atomic mass is 10.2. The summed E-state index contributed by atoms with van der Waals surface area (Å²) >= 11 is 0. The van der Waals surface area contributed by atoms with Gasteiger partial charge in [0.2, 0.25) is 0 Å². The molecular weight excluding hydrogens is 248 g/mol. The normalized spacial score (nSPS) is 17.4. The highest BCUT2D eigenvalue weighted by Gasteiger charge is 2.20. The number of aromatic nitrogens is 1. The molecule has 0 saturated carbocycles. The van der Waals surface area contributed by atoms with Crippen LogP contribution in [-0.2, 0) is 7.05 Å². The van der Waals surface area contributed by atoms with E-state index in [0.717, 1.165) is 37.9 Å². The molecule has 102 valence electrons. The van der Waals surface area contributed by atoms with E-state index < -0.39 is 11.6 Å². The van der Waals surface area contributed by atoms with Crippen LogP contribution in [0.4, 0.5) is 14.5 Å². The Bertz CT molecular complexity index is 613. The molecule has 1 aliphatic rings. The molecule has 5 heteroatoms. The number of nitrogens with zero attached hydrogens (tertiary/aromatic N) is 3. The van der Waals surface area contributed by atoms with Crippen LogP contribution in [0.25, 0.3) is 10.9 Å². The van der Waals surface area contributed by atoms with Gasteiger partial charge in [-0.1, -0.05) is 0 Å². The molecule has 0 spiro atoms. The van der Waals surface area contributed by atoms with Crippen LogP contribution in [-0.4, -0.2) is 42.7 Å². The van der Waals surface area contributed by atoms with Crippen molar-refractivity contribution >= 4 is 16.6 Å². The van der Waals surface area contributed by atoms with Crippen molar-refractivity contribution in [1.82, 2.24) is 9.47 Å². The van der Waals surface area contributed by atoms with Crippen LogP contribution in [0.5, 0.6) is 0 Å². The lowest BCUT2D eigenvalue weighted by Crippen LogP contribution is -2.44. The second-order valence-corrected chi connectivity index (χ2v) is 5.20. The van der Waals surface area contributed by atoms with Crippen molar-refractivity contribution < 1.29 is 8.78 Å². The summed E-state index contributed by atoms with van der Waals surface area (Å²) in [7, 11) is 3.88. The Hall–Kier alpha value is -1.62. The average Bonchev–Trinajstić information content (AvgIpc) is 2.67. The molecule has 0 aliphatic carbocycles. The highest BCUT2D eigenvalue weighted by Crippen LogP contribution is 2.31. The summed E-state index contributed by atoms with van der Waals surface area (Å²) in [5.41, 5.74) is 1.39. The zero-order valence-corrected chi connectivity index (χ0v) is 11.2. The third-order valence-electron chi connectivity index (χ3n) is 3.82. The average molecular weight is 265 g/mol. The van der Waals surface area contributed by atoms with E-state index in [1.165, 1.54) is 6.07 Å². The zero-order chi connectivity index (χ0) is 13.6. The predicted octanol–water partition coefficient (Wildman–Crippen LogP) is 2.21. The van der Waals surface area contributed by atoms with Gasteiger partial charge in [-0.2, -0.15) is 0 Å². The van der Waals surface area contributed by atoms with Gasteiger partial charge in [0.15, 0.2) is 0 Å². The number of rotatable bonds is 1. The lowest BCUT2D eigenvalue weighted by Gasteiger charge is -2.33. The minimum Gasteiger partial charge on any atom is -0.367 e. The van der Waals surface area contributed by atoms with Crippen molar-refractivity contribution in [1.29, 1.82) is 0 Å². The first-order valence-electron chi connectivity index (χ1n) is 6.44. The Morgan fingerprint density at radius 1 is 1.00 bits per heavy atom. The molecule has 3 nitrogen and oxygen atoms in total. The number of piperazine rings is 1. The second kappa shape index (κ2) is 4.49. The van der Waals surface area contributed by atoms with Gasteiger partial charge < -0.3 is 14.4 Å². The molecule has 19 heavy (non-hydrogen) atoms. The summed E-state index contributed by atoms with van der Waals surface area (Å²) in [5.74, 6) is -1.02. The highest BCUT2D eigenvalue weighted by atomic mass is 19.1. The number of benzene rings is 1. The molecule has 0 radical (unpaired) electrons. The Balaban J connectivity index is 2.09. The van der Waals surface area contributed by atoms with E-state index in [2.05, 4.69) is 16.8 Å². The van der Waals surface area contributed by atoms with Crippen LogP contribution in [0, 0.1) is 11.6 Å². The number of hydrogen-bond acceptors (Lipinski definition) is 2. The van der Waals surface area contributed by atoms with Crippen LogP contribution in [0.2, 0.25) is 0 Å². The number of likely N-dealkylation sites (N-methyl/N-ethyl adjacent to an activating group) is 1. The number of aryl methyl sites for hydroxylation is 1. The smallest absolute Gasteiger partial charge is 0.150 e. The van der Waals surface area contributed by atoms with Gasteiger partial charge in [-0.05, 0) is 13.1 Å². The Kier molecular flexibility index (Phi) is 2.93. The third-order valence-corrected chi connectivity index (χ3v) is 3.82. The molecule has 0 amide bonds. The summed E-state index contributed by atoms with van der Waals surface area (Å²) in [6, 6.07) is 2.36. The fourth-order valence-corrected chi connectivity index (χ4v) is 2.74.